The molecule has 1 rings (SSSR count). The largest absolute Gasteiger partial charge is 0.288 e. The van der Waals surface area contributed by atoms with Crippen molar-refractivity contribution in [2.24, 2.45) is 10.9 Å². The Labute approximate surface area is 98.0 Å². The maximum atomic E-state index is 4.63. The van der Waals surface area contributed by atoms with E-state index in [2.05, 4.69) is 50.5 Å². The molecule has 0 saturated carbocycles. The zero-order valence-electron chi connectivity index (χ0n) is 9.64. The predicted molar refractivity (Wildman–Crippen MR) is 70.9 cm³/mol. The van der Waals surface area contributed by atoms with Crippen LogP contribution >= 0.6 is 12.6 Å². The summed E-state index contributed by atoms with van der Waals surface area (Å²) in [4.78, 5) is 4.63. The van der Waals surface area contributed by atoms with Crippen molar-refractivity contribution in [2.45, 2.75) is 32.6 Å². The van der Waals surface area contributed by atoms with Gasteiger partial charge in [-0.25, -0.2) is 0 Å². The summed E-state index contributed by atoms with van der Waals surface area (Å²) < 4.78 is 0. The summed E-state index contributed by atoms with van der Waals surface area (Å²) >= 11 is 4.45. The SMILES string of the molecule is CC(C)C(=NCc1ccccc1)C(C)S. The first-order valence-corrected chi connectivity index (χ1v) is 5.89. The average molecular weight is 221 g/mol. The van der Waals surface area contributed by atoms with Crippen LogP contribution in [0.15, 0.2) is 35.3 Å². The number of rotatable bonds is 4. The molecule has 0 aromatic heterocycles. The van der Waals surface area contributed by atoms with Crippen LogP contribution in [0.4, 0.5) is 0 Å². The van der Waals surface area contributed by atoms with Crippen molar-refractivity contribution in [1.82, 2.24) is 0 Å². The highest BCUT2D eigenvalue weighted by Gasteiger charge is 2.09. The van der Waals surface area contributed by atoms with Crippen LogP contribution < -0.4 is 0 Å². The van der Waals surface area contributed by atoms with Gasteiger partial charge in [-0.05, 0) is 18.4 Å². The van der Waals surface area contributed by atoms with Crippen molar-refractivity contribution in [3.63, 3.8) is 0 Å². The number of thiol groups is 1. The van der Waals surface area contributed by atoms with Crippen molar-refractivity contribution in [2.75, 3.05) is 0 Å². The van der Waals surface area contributed by atoms with Crippen LogP contribution in [0.25, 0.3) is 0 Å². The van der Waals surface area contributed by atoms with E-state index in [-0.39, 0.29) is 5.25 Å². The third-order valence-corrected chi connectivity index (χ3v) is 2.57. The second-order valence-corrected chi connectivity index (χ2v) is 4.83. The molecule has 0 aliphatic rings. The zero-order valence-corrected chi connectivity index (χ0v) is 10.5. The molecule has 15 heavy (non-hydrogen) atoms. The van der Waals surface area contributed by atoms with Crippen LogP contribution in [0, 0.1) is 5.92 Å². The third-order valence-electron chi connectivity index (χ3n) is 2.31. The Morgan fingerprint density at radius 2 is 1.80 bits per heavy atom. The van der Waals surface area contributed by atoms with Gasteiger partial charge >= 0.3 is 0 Å². The molecule has 0 N–H and O–H groups in total. The zero-order chi connectivity index (χ0) is 11.3. The van der Waals surface area contributed by atoms with E-state index in [0.29, 0.717) is 5.92 Å². The summed E-state index contributed by atoms with van der Waals surface area (Å²) in [7, 11) is 0. The molecule has 0 amide bonds. The first-order chi connectivity index (χ1) is 7.11. The lowest BCUT2D eigenvalue weighted by molar-refractivity contribution is 0.844. The lowest BCUT2D eigenvalue weighted by Crippen LogP contribution is -2.18. The summed E-state index contributed by atoms with van der Waals surface area (Å²) in [6.07, 6.45) is 0. The highest BCUT2D eigenvalue weighted by atomic mass is 32.1. The summed E-state index contributed by atoms with van der Waals surface area (Å²) in [6, 6.07) is 10.3. The molecule has 0 spiro atoms. The average Bonchev–Trinajstić information content (AvgIpc) is 2.18. The van der Waals surface area contributed by atoms with Crippen molar-refractivity contribution in [3.05, 3.63) is 35.9 Å². The topological polar surface area (TPSA) is 12.4 Å². The second-order valence-electron chi connectivity index (χ2n) is 4.06. The minimum absolute atomic E-state index is 0.244. The van der Waals surface area contributed by atoms with Gasteiger partial charge in [0.15, 0.2) is 0 Å². The molecule has 1 nitrogen and oxygen atoms in total. The van der Waals surface area contributed by atoms with E-state index in [1.54, 1.807) is 0 Å². The standard InChI is InChI=1S/C13H19NS/c1-10(2)13(11(3)15)14-9-12-7-5-4-6-8-12/h4-8,10-11,15H,9H2,1-3H3. The Morgan fingerprint density at radius 3 is 2.27 bits per heavy atom. The van der Waals surface area contributed by atoms with Gasteiger partial charge in [0, 0.05) is 11.0 Å². The molecule has 82 valence electrons. The van der Waals surface area contributed by atoms with Gasteiger partial charge in [-0.3, -0.25) is 4.99 Å². The maximum Gasteiger partial charge on any atom is 0.0639 e. The van der Waals surface area contributed by atoms with E-state index in [4.69, 9.17) is 0 Å². The molecule has 1 aromatic rings. The van der Waals surface area contributed by atoms with Crippen molar-refractivity contribution >= 4 is 18.3 Å². The lowest BCUT2D eigenvalue weighted by atomic mass is 10.1. The molecule has 0 aliphatic heterocycles. The van der Waals surface area contributed by atoms with Gasteiger partial charge in [0.05, 0.1) is 6.54 Å². The van der Waals surface area contributed by atoms with Crippen LogP contribution in [0.5, 0.6) is 0 Å². The Hall–Kier alpha value is -0.760. The Balaban J connectivity index is 2.70. The molecule has 0 bridgehead atoms. The van der Waals surface area contributed by atoms with Crippen molar-refractivity contribution in [1.29, 1.82) is 0 Å². The summed E-state index contributed by atoms with van der Waals surface area (Å²) in [5.74, 6) is 0.473. The van der Waals surface area contributed by atoms with E-state index in [1.165, 1.54) is 11.3 Å². The minimum atomic E-state index is 0.244. The predicted octanol–water partition coefficient (Wildman–Crippen LogP) is 3.60. The van der Waals surface area contributed by atoms with Crippen LogP contribution in [0.1, 0.15) is 26.3 Å². The van der Waals surface area contributed by atoms with Gasteiger partial charge < -0.3 is 0 Å². The maximum absolute atomic E-state index is 4.63. The van der Waals surface area contributed by atoms with Gasteiger partial charge in [0.1, 0.15) is 0 Å². The fourth-order valence-corrected chi connectivity index (χ4v) is 1.94. The van der Waals surface area contributed by atoms with E-state index < -0.39 is 0 Å². The molecule has 0 heterocycles. The van der Waals surface area contributed by atoms with Crippen molar-refractivity contribution in [3.8, 4) is 0 Å². The highest BCUT2D eigenvalue weighted by molar-refractivity contribution is 7.81. The fraction of sp³-hybridized carbons (Fsp3) is 0.462. The molecular formula is C13H19NS. The third kappa shape index (κ3) is 4.08. The fourth-order valence-electron chi connectivity index (χ4n) is 1.56. The quantitative estimate of drug-likeness (QED) is 0.589. The Morgan fingerprint density at radius 1 is 1.20 bits per heavy atom. The molecule has 0 aliphatic carbocycles. The summed E-state index contributed by atoms with van der Waals surface area (Å²) in [6.45, 7) is 7.17. The Kier molecular flexibility index (Phi) is 4.89. The van der Waals surface area contributed by atoms with Crippen LogP contribution in [0.2, 0.25) is 0 Å². The number of hydrogen-bond donors (Lipinski definition) is 1. The summed E-state index contributed by atoms with van der Waals surface area (Å²) in [5.41, 5.74) is 2.44. The highest BCUT2D eigenvalue weighted by Crippen LogP contribution is 2.10. The molecule has 0 saturated heterocycles. The van der Waals surface area contributed by atoms with E-state index in [1.807, 2.05) is 18.2 Å². The van der Waals surface area contributed by atoms with E-state index in [0.717, 1.165) is 6.54 Å². The first-order valence-electron chi connectivity index (χ1n) is 5.37. The van der Waals surface area contributed by atoms with Gasteiger partial charge in [-0.1, -0.05) is 44.2 Å². The second kappa shape index (κ2) is 5.96. The van der Waals surface area contributed by atoms with E-state index in [9.17, 15) is 0 Å². The molecule has 0 radical (unpaired) electrons. The monoisotopic (exact) mass is 221 g/mol. The normalized spacial score (nSPS) is 14.3. The van der Waals surface area contributed by atoms with Gasteiger partial charge in [-0.2, -0.15) is 12.6 Å². The minimum Gasteiger partial charge on any atom is -0.288 e. The van der Waals surface area contributed by atoms with Crippen LogP contribution in [-0.2, 0) is 6.54 Å². The number of hydrogen-bond acceptors (Lipinski definition) is 2. The molecular weight excluding hydrogens is 202 g/mol. The lowest BCUT2D eigenvalue weighted by Gasteiger charge is -2.13. The Bertz CT molecular complexity index is 305. The van der Waals surface area contributed by atoms with Gasteiger partial charge in [0.2, 0.25) is 0 Å². The number of benzene rings is 1. The smallest absolute Gasteiger partial charge is 0.0639 e. The molecule has 1 unspecified atom stereocenters. The number of aliphatic imine (C=N–C) groups is 1. The van der Waals surface area contributed by atoms with Crippen LogP contribution in [0.3, 0.4) is 0 Å². The number of nitrogens with zero attached hydrogens (tertiary/aromatic N) is 1. The molecule has 1 atom stereocenters. The van der Waals surface area contributed by atoms with Crippen LogP contribution in [-0.4, -0.2) is 11.0 Å². The molecule has 1 aromatic carbocycles. The first kappa shape index (κ1) is 12.3. The van der Waals surface area contributed by atoms with Gasteiger partial charge in [0.25, 0.3) is 0 Å². The molecule has 2 heteroatoms. The molecule has 0 fully saturated rings. The van der Waals surface area contributed by atoms with E-state index >= 15 is 0 Å². The van der Waals surface area contributed by atoms with Gasteiger partial charge in [-0.15, -0.1) is 0 Å². The summed E-state index contributed by atoms with van der Waals surface area (Å²) in [5, 5.41) is 0.244. The van der Waals surface area contributed by atoms with Crippen molar-refractivity contribution < 1.29 is 0 Å².